The lowest BCUT2D eigenvalue weighted by atomic mass is 9.98. The standard InChI is InChI=1S/C24H17BrN2O5/c1-12-7-8-26-19(9-12)27-21(13-3-5-16(28)18(10-13)31-2)20-22(29)15-11-14(25)4-6-17(15)32-23(20)24(27)30/h3-11,21,28H,1-2H3. The maximum absolute atomic E-state index is 13.6. The first-order chi connectivity index (χ1) is 15.4. The number of halogens is 1. The monoisotopic (exact) mass is 492 g/mol. The molecule has 0 bridgehead atoms. The van der Waals surface area contributed by atoms with Gasteiger partial charge in [0, 0.05) is 10.7 Å². The Labute approximate surface area is 191 Å². The molecule has 1 aliphatic heterocycles. The quantitative estimate of drug-likeness (QED) is 0.444. The van der Waals surface area contributed by atoms with Crippen LogP contribution in [0, 0.1) is 6.92 Å². The molecule has 1 unspecified atom stereocenters. The van der Waals surface area contributed by atoms with Crippen LogP contribution in [0.1, 0.15) is 33.3 Å². The molecule has 1 N–H and O–H groups in total. The van der Waals surface area contributed by atoms with E-state index in [4.69, 9.17) is 9.15 Å². The average Bonchev–Trinajstić information content (AvgIpc) is 3.07. The van der Waals surface area contributed by atoms with Crippen molar-refractivity contribution in [1.29, 1.82) is 0 Å². The van der Waals surface area contributed by atoms with Crippen molar-refractivity contribution in [2.45, 2.75) is 13.0 Å². The average molecular weight is 493 g/mol. The summed E-state index contributed by atoms with van der Waals surface area (Å²) in [5.74, 6) is 0.0919. The highest BCUT2D eigenvalue weighted by atomic mass is 79.9. The second kappa shape index (κ2) is 7.49. The molecule has 5 rings (SSSR count). The molecule has 0 radical (unpaired) electrons. The molecule has 160 valence electrons. The van der Waals surface area contributed by atoms with Crippen LogP contribution in [-0.4, -0.2) is 23.1 Å². The predicted octanol–water partition coefficient (Wildman–Crippen LogP) is 4.72. The van der Waals surface area contributed by atoms with E-state index in [1.165, 1.54) is 18.1 Å². The fraction of sp³-hybridized carbons (Fsp3) is 0.125. The summed E-state index contributed by atoms with van der Waals surface area (Å²) in [7, 11) is 1.44. The molecule has 0 fully saturated rings. The Bertz CT molecular complexity index is 1460. The zero-order valence-electron chi connectivity index (χ0n) is 17.1. The number of phenolic OH excluding ortho intramolecular Hbond substituents is 1. The second-order valence-corrected chi connectivity index (χ2v) is 8.43. The van der Waals surface area contributed by atoms with Gasteiger partial charge < -0.3 is 14.3 Å². The minimum absolute atomic E-state index is 0.0230. The SMILES string of the molecule is COc1cc(C2c3c(oc4ccc(Br)cc4c3=O)C(=O)N2c2cc(C)ccn2)ccc1O. The van der Waals surface area contributed by atoms with Gasteiger partial charge in [-0.05, 0) is 60.5 Å². The van der Waals surface area contributed by atoms with Crippen molar-refractivity contribution in [2.75, 3.05) is 12.0 Å². The van der Waals surface area contributed by atoms with Crippen LogP contribution in [-0.2, 0) is 0 Å². The van der Waals surface area contributed by atoms with Crippen LogP contribution in [0.15, 0.2) is 68.4 Å². The van der Waals surface area contributed by atoms with Crippen molar-refractivity contribution in [3.63, 3.8) is 0 Å². The molecular formula is C24H17BrN2O5. The van der Waals surface area contributed by atoms with Gasteiger partial charge in [0.05, 0.1) is 24.1 Å². The first-order valence-electron chi connectivity index (χ1n) is 9.78. The van der Waals surface area contributed by atoms with Crippen LogP contribution in [0.5, 0.6) is 11.5 Å². The van der Waals surface area contributed by atoms with E-state index in [0.717, 1.165) is 10.0 Å². The van der Waals surface area contributed by atoms with E-state index >= 15 is 0 Å². The number of carbonyl (C=O) groups excluding carboxylic acids is 1. The van der Waals surface area contributed by atoms with Crippen LogP contribution in [0.4, 0.5) is 5.82 Å². The molecular weight excluding hydrogens is 476 g/mol. The molecule has 8 heteroatoms. The smallest absolute Gasteiger partial charge is 0.296 e. The largest absolute Gasteiger partial charge is 0.504 e. The van der Waals surface area contributed by atoms with Crippen molar-refractivity contribution < 1.29 is 19.1 Å². The Kier molecular flexibility index (Phi) is 4.74. The minimum Gasteiger partial charge on any atom is -0.504 e. The van der Waals surface area contributed by atoms with Crippen molar-refractivity contribution in [2.24, 2.45) is 0 Å². The van der Waals surface area contributed by atoms with Crippen molar-refractivity contribution in [3.05, 3.63) is 91.9 Å². The van der Waals surface area contributed by atoms with E-state index in [2.05, 4.69) is 20.9 Å². The molecule has 0 spiro atoms. The van der Waals surface area contributed by atoms with E-state index < -0.39 is 11.9 Å². The van der Waals surface area contributed by atoms with Gasteiger partial charge in [0.25, 0.3) is 5.91 Å². The molecule has 1 atom stereocenters. The van der Waals surface area contributed by atoms with Crippen LogP contribution < -0.4 is 15.1 Å². The Hall–Kier alpha value is -3.65. The van der Waals surface area contributed by atoms with E-state index in [1.807, 2.05) is 13.0 Å². The van der Waals surface area contributed by atoms with Crippen molar-refractivity contribution >= 4 is 38.6 Å². The van der Waals surface area contributed by atoms with Gasteiger partial charge in [-0.1, -0.05) is 22.0 Å². The number of aromatic hydroxyl groups is 1. The number of fused-ring (bicyclic) bond motifs is 2. The highest BCUT2D eigenvalue weighted by Gasteiger charge is 2.44. The molecule has 3 heterocycles. The molecule has 4 aromatic rings. The number of rotatable bonds is 3. The topological polar surface area (TPSA) is 92.9 Å². The number of ether oxygens (including phenoxy) is 1. The highest BCUT2D eigenvalue weighted by Crippen LogP contribution is 2.42. The Balaban J connectivity index is 1.83. The normalized spacial score (nSPS) is 15.3. The zero-order chi connectivity index (χ0) is 22.6. The summed E-state index contributed by atoms with van der Waals surface area (Å²) < 4.78 is 11.9. The predicted molar refractivity (Wildman–Crippen MR) is 122 cm³/mol. The number of phenols is 1. The van der Waals surface area contributed by atoms with Crippen molar-refractivity contribution in [1.82, 2.24) is 4.98 Å². The third-order valence-corrected chi connectivity index (χ3v) is 5.99. The molecule has 32 heavy (non-hydrogen) atoms. The van der Waals surface area contributed by atoms with Gasteiger partial charge in [-0.15, -0.1) is 0 Å². The summed E-state index contributed by atoms with van der Waals surface area (Å²) in [6.45, 7) is 1.90. The van der Waals surface area contributed by atoms with E-state index in [-0.39, 0.29) is 28.3 Å². The Morgan fingerprint density at radius 1 is 1.12 bits per heavy atom. The minimum atomic E-state index is -0.805. The van der Waals surface area contributed by atoms with Gasteiger partial charge in [-0.3, -0.25) is 14.5 Å². The molecule has 1 amide bonds. The van der Waals surface area contributed by atoms with Crippen LogP contribution in [0.25, 0.3) is 11.0 Å². The summed E-state index contributed by atoms with van der Waals surface area (Å²) in [6, 6.07) is 12.6. The molecule has 1 aliphatic rings. The number of methoxy groups -OCH3 is 1. The van der Waals surface area contributed by atoms with E-state index in [0.29, 0.717) is 22.4 Å². The fourth-order valence-corrected chi connectivity index (χ4v) is 4.37. The van der Waals surface area contributed by atoms with Crippen LogP contribution in [0.3, 0.4) is 0 Å². The molecule has 7 nitrogen and oxygen atoms in total. The van der Waals surface area contributed by atoms with E-state index in [1.54, 1.807) is 42.6 Å². The van der Waals surface area contributed by atoms with Crippen molar-refractivity contribution in [3.8, 4) is 11.5 Å². The summed E-state index contributed by atoms with van der Waals surface area (Å²) >= 11 is 3.39. The molecule has 0 aliphatic carbocycles. The van der Waals surface area contributed by atoms with Gasteiger partial charge in [-0.2, -0.15) is 0 Å². The second-order valence-electron chi connectivity index (χ2n) is 7.51. The van der Waals surface area contributed by atoms with Gasteiger partial charge in [0.1, 0.15) is 11.4 Å². The molecule has 0 saturated carbocycles. The van der Waals surface area contributed by atoms with E-state index in [9.17, 15) is 14.7 Å². The summed E-state index contributed by atoms with van der Waals surface area (Å²) in [5.41, 5.74) is 1.73. The zero-order valence-corrected chi connectivity index (χ0v) is 18.7. The number of benzene rings is 2. The molecule has 2 aromatic carbocycles. The third-order valence-electron chi connectivity index (χ3n) is 5.50. The number of nitrogens with zero attached hydrogens (tertiary/aromatic N) is 2. The summed E-state index contributed by atoms with van der Waals surface area (Å²) in [5, 5.41) is 10.4. The summed E-state index contributed by atoms with van der Waals surface area (Å²) in [6.07, 6.45) is 1.61. The lowest BCUT2D eigenvalue weighted by Gasteiger charge is -2.24. The summed E-state index contributed by atoms with van der Waals surface area (Å²) in [4.78, 5) is 33.0. The maximum Gasteiger partial charge on any atom is 0.296 e. The first-order valence-corrected chi connectivity index (χ1v) is 10.6. The number of anilines is 1. The van der Waals surface area contributed by atoms with Crippen LogP contribution >= 0.6 is 15.9 Å². The number of carbonyl (C=O) groups is 1. The highest BCUT2D eigenvalue weighted by molar-refractivity contribution is 9.10. The number of amides is 1. The number of aromatic nitrogens is 1. The Morgan fingerprint density at radius 3 is 2.69 bits per heavy atom. The number of pyridine rings is 1. The van der Waals surface area contributed by atoms with Gasteiger partial charge in [0.2, 0.25) is 5.76 Å². The first kappa shape index (κ1) is 20.3. The third kappa shape index (κ3) is 3.06. The van der Waals surface area contributed by atoms with Gasteiger partial charge in [-0.25, -0.2) is 4.98 Å². The lowest BCUT2D eigenvalue weighted by molar-refractivity contribution is 0.0970. The Morgan fingerprint density at radius 2 is 1.94 bits per heavy atom. The number of hydrogen-bond acceptors (Lipinski definition) is 6. The maximum atomic E-state index is 13.6. The fourth-order valence-electron chi connectivity index (χ4n) is 4.01. The molecule has 2 aromatic heterocycles. The molecule has 0 saturated heterocycles. The number of aryl methyl sites for hydroxylation is 1. The van der Waals surface area contributed by atoms with Gasteiger partial charge in [0.15, 0.2) is 16.9 Å². The lowest BCUT2D eigenvalue weighted by Crippen LogP contribution is -2.30. The number of hydrogen-bond donors (Lipinski definition) is 1. The van der Waals surface area contributed by atoms with Gasteiger partial charge >= 0.3 is 0 Å². The van der Waals surface area contributed by atoms with Crippen LogP contribution in [0.2, 0.25) is 0 Å².